The van der Waals surface area contributed by atoms with Crippen LogP contribution < -0.4 is 15.8 Å². The lowest BCUT2D eigenvalue weighted by Gasteiger charge is -2.11. The first kappa shape index (κ1) is 19.4. The smallest absolute Gasteiger partial charge is 0.296 e. The number of aliphatic imine (C=N–C) groups is 1. The van der Waals surface area contributed by atoms with Gasteiger partial charge in [0.15, 0.2) is 5.96 Å². The van der Waals surface area contributed by atoms with E-state index < -0.39 is 5.91 Å². The molecule has 28 heavy (non-hydrogen) atoms. The quantitative estimate of drug-likeness (QED) is 0.452. The molecular formula is C21H25N5O2. The fraction of sp³-hybridized carbons (Fsp3) is 0.238. The van der Waals surface area contributed by atoms with Crippen molar-refractivity contribution in [3.05, 3.63) is 65.4 Å². The van der Waals surface area contributed by atoms with Gasteiger partial charge in [-0.25, -0.2) is 0 Å². The van der Waals surface area contributed by atoms with Gasteiger partial charge in [-0.05, 0) is 37.4 Å². The van der Waals surface area contributed by atoms with Crippen LogP contribution in [0.4, 0.5) is 0 Å². The number of aromatic amines is 1. The SMILES string of the molecule is CNC(N)=NC(=O)c1cc2cccc(OCc3ccc(CN(C)C)cc3)c2[nH]1. The summed E-state index contributed by atoms with van der Waals surface area (Å²) in [5.41, 5.74) is 9.01. The molecule has 4 N–H and O–H groups in total. The zero-order valence-electron chi connectivity index (χ0n) is 16.3. The van der Waals surface area contributed by atoms with Crippen molar-refractivity contribution in [3.8, 4) is 5.75 Å². The molecule has 1 heterocycles. The number of amides is 1. The van der Waals surface area contributed by atoms with Crippen molar-refractivity contribution in [2.24, 2.45) is 10.7 Å². The van der Waals surface area contributed by atoms with Gasteiger partial charge in [0.25, 0.3) is 5.91 Å². The monoisotopic (exact) mass is 379 g/mol. The molecule has 0 saturated heterocycles. The Morgan fingerprint density at radius 1 is 1.18 bits per heavy atom. The van der Waals surface area contributed by atoms with E-state index in [0.717, 1.165) is 23.0 Å². The van der Waals surface area contributed by atoms with Gasteiger partial charge in [0.1, 0.15) is 18.1 Å². The van der Waals surface area contributed by atoms with Gasteiger partial charge in [0.2, 0.25) is 0 Å². The molecule has 0 radical (unpaired) electrons. The van der Waals surface area contributed by atoms with Crippen LogP contribution in [0.5, 0.6) is 5.75 Å². The molecule has 3 aromatic rings. The average molecular weight is 379 g/mol. The molecule has 0 saturated carbocycles. The lowest BCUT2D eigenvalue weighted by molar-refractivity contribution is 0.0998. The number of fused-ring (bicyclic) bond motifs is 1. The third-order valence-corrected chi connectivity index (χ3v) is 4.24. The Morgan fingerprint density at radius 2 is 1.89 bits per heavy atom. The van der Waals surface area contributed by atoms with Crippen molar-refractivity contribution in [3.63, 3.8) is 0 Å². The molecule has 7 heteroatoms. The topological polar surface area (TPSA) is 95.7 Å². The number of nitrogens with one attached hydrogen (secondary N) is 2. The van der Waals surface area contributed by atoms with E-state index in [2.05, 4.69) is 44.5 Å². The second-order valence-corrected chi connectivity index (χ2v) is 6.80. The Balaban J connectivity index is 1.75. The number of hydrogen-bond donors (Lipinski definition) is 3. The molecule has 0 unspecified atom stereocenters. The zero-order valence-corrected chi connectivity index (χ0v) is 16.3. The van der Waals surface area contributed by atoms with E-state index >= 15 is 0 Å². The van der Waals surface area contributed by atoms with E-state index in [0.29, 0.717) is 18.1 Å². The molecule has 0 aliphatic carbocycles. The molecule has 1 amide bonds. The van der Waals surface area contributed by atoms with Crippen LogP contribution in [0.25, 0.3) is 10.9 Å². The minimum absolute atomic E-state index is 0.0674. The van der Waals surface area contributed by atoms with Crippen LogP contribution in [0, 0.1) is 0 Å². The predicted molar refractivity (Wildman–Crippen MR) is 111 cm³/mol. The summed E-state index contributed by atoms with van der Waals surface area (Å²) in [6, 6.07) is 15.8. The molecule has 1 aromatic heterocycles. The molecule has 146 valence electrons. The number of aromatic nitrogens is 1. The van der Waals surface area contributed by atoms with E-state index in [1.54, 1.807) is 13.1 Å². The Hall–Kier alpha value is -3.32. The third-order valence-electron chi connectivity index (χ3n) is 4.24. The molecular weight excluding hydrogens is 354 g/mol. The summed E-state index contributed by atoms with van der Waals surface area (Å²) in [6.45, 7) is 1.34. The van der Waals surface area contributed by atoms with Gasteiger partial charge in [-0.2, -0.15) is 4.99 Å². The molecule has 3 rings (SSSR count). The van der Waals surface area contributed by atoms with E-state index in [1.807, 2.05) is 32.3 Å². The van der Waals surface area contributed by atoms with Crippen molar-refractivity contribution in [1.29, 1.82) is 0 Å². The standard InChI is InChI=1S/C21H25N5O2/c1-23-21(22)25-20(27)17-11-16-5-4-6-18(19(16)24-17)28-13-15-9-7-14(8-10-15)12-26(2)3/h4-11,24H,12-13H2,1-3H3,(H3,22,23,25,27). The summed E-state index contributed by atoms with van der Waals surface area (Å²) in [5.74, 6) is 0.308. The predicted octanol–water partition coefficient (Wildman–Crippen LogP) is 2.48. The van der Waals surface area contributed by atoms with Gasteiger partial charge in [0.05, 0.1) is 5.52 Å². The summed E-state index contributed by atoms with van der Waals surface area (Å²) in [6.07, 6.45) is 0. The van der Waals surface area contributed by atoms with Crippen molar-refractivity contribution in [1.82, 2.24) is 15.2 Å². The molecule has 0 fully saturated rings. The van der Waals surface area contributed by atoms with Crippen LogP contribution in [0.2, 0.25) is 0 Å². The second kappa shape index (κ2) is 8.58. The van der Waals surface area contributed by atoms with Crippen LogP contribution in [0.1, 0.15) is 21.6 Å². The van der Waals surface area contributed by atoms with Gasteiger partial charge in [-0.1, -0.05) is 36.4 Å². The van der Waals surface area contributed by atoms with Crippen molar-refractivity contribution < 1.29 is 9.53 Å². The fourth-order valence-corrected chi connectivity index (χ4v) is 2.86. The van der Waals surface area contributed by atoms with Gasteiger partial charge < -0.3 is 25.7 Å². The highest BCUT2D eigenvalue weighted by Gasteiger charge is 2.12. The lowest BCUT2D eigenvalue weighted by atomic mass is 10.1. The third kappa shape index (κ3) is 4.69. The van der Waals surface area contributed by atoms with E-state index in [-0.39, 0.29) is 5.96 Å². The highest BCUT2D eigenvalue weighted by Crippen LogP contribution is 2.27. The van der Waals surface area contributed by atoms with Crippen LogP contribution in [0.15, 0.2) is 53.5 Å². The average Bonchev–Trinajstić information content (AvgIpc) is 3.12. The summed E-state index contributed by atoms with van der Waals surface area (Å²) in [5, 5.41) is 3.50. The van der Waals surface area contributed by atoms with E-state index in [9.17, 15) is 4.79 Å². The van der Waals surface area contributed by atoms with Crippen LogP contribution in [0.3, 0.4) is 0 Å². The molecule has 7 nitrogen and oxygen atoms in total. The number of carbonyl (C=O) groups excluding carboxylic acids is 1. The summed E-state index contributed by atoms with van der Waals surface area (Å²) in [7, 11) is 5.70. The first-order chi connectivity index (χ1) is 13.5. The first-order valence-electron chi connectivity index (χ1n) is 8.99. The van der Waals surface area contributed by atoms with Crippen molar-refractivity contribution >= 4 is 22.8 Å². The fourth-order valence-electron chi connectivity index (χ4n) is 2.86. The number of para-hydroxylation sites is 1. The highest BCUT2D eigenvalue weighted by molar-refractivity contribution is 6.04. The van der Waals surface area contributed by atoms with Gasteiger partial charge in [0, 0.05) is 19.0 Å². The number of carbonyl (C=O) groups is 1. The largest absolute Gasteiger partial charge is 0.487 e. The van der Waals surface area contributed by atoms with E-state index in [4.69, 9.17) is 10.5 Å². The Kier molecular flexibility index (Phi) is 5.96. The lowest BCUT2D eigenvalue weighted by Crippen LogP contribution is -2.28. The minimum atomic E-state index is -0.439. The molecule has 0 aliphatic heterocycles. The summed E-state index contributed by atoms with van der Waals surface area (Å²) < 4.78 is 6.00. The highest BCUT2D eigenvalue weighted by atomic mass is 16.5. The minimum Gasteiger partial charge on any atom is -0.487 e. The molecule has 0 aliphatic rings. The number of nitrogens with zero attached hydrogens (tertiary/aromatic N) is 2. The number of guanidine groups is 1. The van der Waals surface area contributed by atoms with Crippen LogP contribution >= 0.6 is 0 Å². The van der Waals surface area contributed by atoms with Gasteiger partial charge in [-0.15, -0.1) is 0 Å². The van der Waals surface area contributed by atoms with Crippen LogP contribution in [-0.2, 0) is 13.2 Å². The van der Waals surface area contributed by atoms with Crippen molar-refractivity contribution in [2.45, 2.75) is 13.2 Å². The number of ether oxygens (including phenoxy) is 1. The number of nitrogens with two attached hydrogens (primary N) is 1. The maximum absolute atomic E-state index is 12.2. The Labute approximate surface area is 164 Å². The molecule has 0 spiro atoms. The van der Waals surface area contributed by atoms with Gasteiger partial charge in [-0.3, -0.25) is 4.79 Å². The zero-order chi connectivity index (χ0) is 20.1. The molecule has 0 bridgehead atoms. The van der Waals surface area contributed by atoms with Crippen molar-refractivity contribution in [2.75, 3.05) is 21.1 Å². The van der Waals surface area contributed by atoms with Crippen LogP contribution in [-0.4, -0.2) is 42.9 Å². The number of H-pyrrole nitrogens is 1. The van der Waals surface area contributed by atoms with E-state index in [1.165, 1.54) is 5.56 Å². The maximum Gasteiger partial charge on any atom is 0.296 e. The molecule has 2 aromatic carbocycles. The molecule has 0 atom stereocenters. The number of rotatable bonds is 6. The van der Waals surface area contributed by atoms with Gasteiger partial charge >= 0.3 is 0 Å². The maximum atomic E-state index is 12.2. The first-order valence-corrected chi connectivity index (χ1v) is 8.99. The Morgan fingerprint density at radius 3 is 2.57 bits per heavy atom. The summed E-state index contributed by atoms with van der Waals surface area (Å²) in [4.78, 5) is 21.2. The normalized spacial score (nSPS) is 11.8. The summed E-state index contributed by atoms with van der Waals surface area (Å²) >= 11 is 0. The second-order valence-electron chi connectivity index (χ2n) is 6.80. The Bertz CT molecular complexity index is 990. The number of benzene rings is 2. The number of hydrogen-bond acceptors (Lipinski definition) is 3.